The van der Waals surface area contributed by atoms with Crippen LogP contribution in [0.5, 0.6) is 0 Å². The molecule has 0 amide bonds. The maximum atomic E-state index is 2.54. The van der Waals surface area contributed by atoms with E-state index >= 15 is 0 Å². The second-order valence-electron chi connectivity index (χ2n) is 22.5. The molecule has 0 spiro atoms. The molecule has 3 aliphatic carbocycles. The number of hydrogen-bond donors (Lipinski definition) is 0. The molecule has 0 aromatic heterocycles. The minimum atomic E-state index is -0.219. The second-order valence-corrected chi connectivity index (χ2v) is 22.5. The summed E-state index contributed by atoms with van der Waals surface area (Å²) in [6, 6.07) is 93.1. The molecule has 0 N–H and O–H groups in total. The van der Waals surface area contributed by atoms with E-state index in [1.54, 1.807) is 5.57 Å². The van der Waals surface area contributed by atoms with Crippen molar-refractivity contribution in [3.8, 4) is 0 Å². The first-order chi connectivity index (χ1) is 38.0. The van der Waals surface area contributed by atoms with Gasteiger partial charge in [-0.15, -0.1) is 0 Å². The van der Waals surface area contributed by atoms with Crippen molar-refractivity contribution in [3.63, 3.8) is 0 Å². The summed E-state index contributed by atoms with van der Waals surface area (Å²) in [6.07, 6.45) is 3.48. The summed E-state index contributed by atoms with van der Waals surface area (Å²) in [5.41, 5.74) is 25.7. The number of fused-ring (bicyclic) bond motifs is 5. The molecular weight excluding hydrogens is 945 g/mol. The van der Waals surface area contributed by atoms with Crippen LogP contribution in [0.4, 0.5) is 68.2 Å². The van der Waals surface area contributed by atoms with Crippen molar-refractivity contribution in [2.24, 2.45) is 10.8 Å². The van der Waals surface area contributed by atoms with Gasteiger partial charge in [0, 0.05) is 79.6 Å². The third-order valence-electron chi connectivity index (χ3n) is 16.8. The Balaban J connectivity index is 0.862. The largest absolute Gasteiger partial charge is 0.311 e. The molecule has 4 heteroatoms. The fourth-order valence-electron chi connectivity index (χ4n) is 12.9. The molecule has 10 aromatic rings. The Hall–Kier alpha value is -9.12. The normalized spacial score (nSPS) is 15.4. The van der Waals surface area contributed by atoms with Gasteiger partial charge < -0.3 is 19.6 Å². The highest BCUT2D eigenvalue weighted by Crippen LogP contribution is 2.68. The first-order valence-corrected chi connectivity index (χ1v) is 27.5. The van der Waals surface area contributed by atoms with Gasteiger partial charge in [-0.3, -0.25) is 0 Å². The van der Waals surface area contributed by atoms with Gasteiger partial charge in [0.1, 0.15) is 0 Å². The topological polar surface area (TPSA) is 13.0 Å². The van der Waals surface area contributed by atoms with E-state index in [-0.39, 0.29) is 16.7 Å². The molecule has 0 aliphatic heterocycles. The average molecular weight is 1010 g/mol. The predicted molar refractivity (Wildman–Crippen MR) is 330 cm³/mol. The molecule has 0 saturated carbocycles. The molecule has 380 valence electrons. The number of rotatable bonds is 12. The number of benzene rings is 10. The van der Waals surface area contributed by atoms with Crippen LogP contribution in [0.2, 0.25) is 0 Å². The maximum absolute atomic E-state index is 2.54. The molecule has 1 unspecified atom stereocenters. The van der Waals surface area contributed by atoms with Crippen LogP contribution in [0.25, 0.3) is 11.6 Å². The van der Waals surface area contributed by atoms with Gasteiger partial charge in [0.2, 0.25) is 0 Å². The van der Waals surface area contributed by atoms with Crippen LogP contribution in [0, 0.1) is 24.7 Å². The van der Waals surface area contributed by atoms with Crippen LogP contribution in [0.1, 0.15) is 67.0 Å². The predicted octanol–water partition coefficient (Wildman–Crippen LogP) is 20.7. The Morgan fingerprint density at radius 3 is 1.06 bits per heavy atom. The van der Waals surface area contributed by atoms with Crippen LogP contribution in [0.3, 0.4) is 0 Å². The molecule has 0 fully saturated rings. The lowest BCUT2D eigenvalue weighted by molar-refractivity contribution is 0.328. The SMILES string of the molecule is Cc1ccc(N(c2ccc(N(c3ccccc3)c3ccccc3)cc2)c2ccc3c(c2)C2=C(C3)C(C)(C)C3C(=Cc4ccc(N(c5ccc(C)cc5)c5ccc(N(c6ccccc6)c6ccccc6)cc5)cc43)C2(C)C)cc1. The summed E-state index contributed by atoms with van der Waals surface area (Å²) >= 11 is 0. The van der Waals surface area contributed by atoms with Crippen molar-refractivity contribution in [3.05, 3.63) is 299 Å². The minimum absolute atomic E-state index is 0.149. The van der Waals surface area contributed by atoms with Gasteiger partial charge in [-0.25, -0.2) is 0 Å². The molecule has 13 rings (SSSR count). The van der Waals surface area contributed by atoms with Crippen LogP contribution >= 0.6 is 0 Å². The van der Waals surface area contributed by atoms with Crippen LogP contribution in [-0.2, 0) is 6.42 Å². The highest BCUT2D eigenvalue weighted by atomic mass is 15.2. The van der Waals surface area contributed by atoms with E-state index in [9.17, 15) is 0 Å². The molecule has 0 heterocycles. The van der Waals surface area contributed by atoms with Gasteiger partial charge in [0.05, 0.1) is 0 Å². The van der Waals surface area contributed by atoms with Gasteiger partial charge in [-0.05, 0) is 199 Å². The number of nitrogens with zero attached hydrogens (tertiary/aromatic N) is 4. The van der Waals surface area contributed by atoms with Crippen molar-refractivity contribution in [2.75, 3.05) is 19.6 Å². The molecule has 4 nitrogen and oxygen atoms in total. The van der Waals surface area contributed by atoms with Gasteiger partial charge in [0.25, 0.3) is 0 Å². The summed E-state index contributed by atoms with van der Waals surface area (Å²) in [5, 5.41) is 0. The van der Waals surface area contributed by atoms with E-state index < -0.39 is 0 Å². The van der Waals surface area contributed by atoms with Crippen molar-refractivity contribution >= 4 is 79.9 Å². The number of para-hydroxylation sites is 4. The smallest absolute Gasteiger partial charge is 0.0467 e. The number of allylic oxidation sites excluding steroid dienone is 3. The molecule has 78 heavy (non-hydrogen) atoms. The molecule has 1 atom stereocenters. The Bertz CT molecular complexity index is 3780. The van der Waals surface area contributed by atoms with E-state index in [2.05, 4.69) is 322 Å². The monoisotopic (exact) mass is 1010 g/mol. The van der Waals surface area contributed by atoms with E-state index in [0.29, 0.717) is 0 Å². The van der Waals surface area contributed by atoms with E-state index in [1.165, 1.54) is 44.5 Å². The van der Waals surface area contributed by atoms with Gasteiger partial charge >= 0.3 is 0 Å². The highest BCUT2D eigenvalue weighted by molar-refractivity contribution is 5.92. The van der Waals surface area contributed by atoms with Gasteiger partial charge in [-0.2, -0.15) is 0 Å². The molecule has 0 saturated heterocycles. The fraction of sp³-hybridized carbons (Fsp3) is 0.135. The van der Waals surface area contributed by atoms with Crippen LogP contribution < -0.4 is 19.6 Å². The summed E-state index contributed by atoms with van der Waals surface area (Å²) in [7, 11) is 0. The van der Waals surface area contributed by atoms with Gasteiger partial charge in [0.15, 0.2) is 0 Å². The lowest BCUT2D eigenvalue weighted by Gasteiger charge is -2.48. The summed E-state index contributed by atoms with van der Waals surface area (Å²) in [6.45, 7) is 14.3. The zero-order valence-electron chi connectivity index (χ0n) is 45.4. The molecule has 3 aliphatic rings. The van der Waals surface area contributed by atoms with E-state index in [4.69, 9.17) is 0 Å². The highest BCUT2D eigenvalue weighted by Gasteiger charge is 2.54. The van der Waals surface area contributed by atoms with Crippen LogP contribution in [-0.4, -0.2) is 0 Å². The van der Waals surface area contributed by atoms with E-state index in [1.807, 2.05) is 0 Å². The van der Waals surface area contributed by atoms with E-state index in [0.717, 1.165) is 74.7 Å². The molecule has 0 bridgehead atoms. The third kappa shape index (κ3) is 8.49. The third-order valence-corrected chi connectivity index (χ3v) is 16.8. The first-order valence-electron chi connectivity index (χ1n) is 27.5. The number of aryl methyl sites for hydroxylation is 2. The quantitative estimate of drug-likeness (QED) is 0.121. The van der Waals surface area contributed by atoms with Crippen LogP contribution in [0.15, 0.2) is 266 Å². The zero-order chi connectivity index (χ0) is 53.1. The van der Waals surface area contributed by atoms with Gasteiger partial charge in [-0.1, -0.05) is 165 Å². The van der Waals surface area contributed by atoms with Crippen molar-refractivity contribution in [2.45, 2.75) is 53.9 Å². The molecular formula is C74H64N4. The lowest BCUT2D eigenvalue weighted by atomic mass is 9.55. The Kier molecular flexibility index (Phi) is 12.1. The fourth-order valence-corrected chi connectivity index (χ4v) is 12.9. The molecule has 10 aromatic carbocycles. The lowest BCUT2D eigenvalue weighted by Crippen LogP contribution is -2.36. The standard InChI is InChI=1S/C74H64N4/c1-51-27-33-59(34-28-51)77(63-43-39-61(40-44-63)75(55-19-11-7-12-20-55)56-21-13-8-14-22-56)65-37-31-53-47-69-71(67(53)49-65)73(3,4)70-48-54-32-38-66(50-68(54)72(70)74(69,5)6)78(60-35-29-52(2)30-36-60)64-45-41-62(42-46-64)76(57-23-15-9-16-24-57)58-25-17-10-18-26-58/h7-47,49-50,71H,48H2,1-6H3. The van der Waals surface area contributed by atoms with Crippen molar-refractivity contribution < 1.29 is 0 Å². The maximum Gasteiger partial charge on any atom is 0.0467 e. The first kappa shape index (κ1) is 48.5. The summed E-state index contributed by atoms with van der Waals surface area (Å²) in [4.78, 5) is 9.52. The second kappa shape index (κ2) is 19.5. The van der Waals surface area contributed by atoms with Crippen molar-refractivity contribution in [1.29, 1.82) is 0 Å². The number of hydrogen-bond acceptors (Lipinski definition) is 4. The van der Waals surface area contributed by atoms with Crippen molar-refractivity contribution in [1.82, 2.24) is 0 Å². The Labute approximate surface area is 461 Å². The Morgan fingerprint density at radius 2 is 0.667 bits per heavy atom. The Morgan fingerprint density at radius 1 is 0.346 bits per heavy atom. The minimum Gasteiger partial charge on any atom is -0.311 e. The zero-order valence-corrected chi connectivity index (χ0v) is 45.4. The average Bonchev–Trinajstić information content (AvgIpc) is 4.11. The molecule has 0 radical (unpaired) electrons. The number of anilines is 12. The summed E-state index contributed by atoms with van der Waals surface area (Å²) < 4.78 is 0. The summed E-state index contributed by atoms with van der Waals surface area (Å²) in [5.74, 6) is 0.219.